The van der Waals surface area contributed by atoms with Crippen LogP contribution in [0, 0.1) is 0 Å². The Bertz CT molecular complexity index is 1260. The Morgan fingerprint density at radius 2 is 1.61 bits per heavy atom. The van der Waals surface area contributed by atoms with E-state index in [0.717, 1.165) is 11.1 Å². The maximum atomic E-state index is 13.9. The number of methoxy groups -OCH3 is 1. The van der Waals surface area contributed by atoms with Crippen molar-refractivity contribution >= 4 is 52.3 Å². The summed E-state index contributed by atoms with van der Waals surface area (Å²) < 4.78 is 11.1. The van der Waals surface area contributed by atoms with Crippen LogP contribution in [0.25, 0.3) is 0 Å². The SMILES string of the molecule is COCN(C(=O)COc1cc(Cl)c(Cl)cc1Cl)[C@]1(C(=O)Nc2ccccc2)CCc2ccccc2C1. The molecule has 0 saturated heterocycles. The lowest BCUT2D eigenvalue weighted by atomic mass is 9.76. The Morgan fingerprint density at radius 3 is 2.33 bits per heavy atom. The van der Waals surface area contributed by atoms with E-state index in [4.69, 9.17) is 44.3 Å². The van der Waals surface area contributed by atoms with Crippen molar-refractivity contribution in [3.8, 4) is 5.75 Å². The number of hydrogen-bond donors (Lipinski definition) is 1. The molecule has 1 atom stereocenters. The van der Waals surface area contributed by atoms with Gasteiger partial charge in [0.25, 0.3) is 11.8 Å². The number of fused-ring (bicyclic) bond motifs is 1. The summed E-state index contributed by atoms with van der Waals surface area (Å²) >= 11 is 18.3. The van der Waals surface area contributed by atoms with Crippen molar-refractivity contribution < 1.29 is 19.1 Å². The molecule has 3 aromatic rings. The second kappa shape index (κ2) is 11.5. The minimum absolute atomic E-state index is 0.0956. The van der Waals surface area contributed by atoms with Gasteiger partial charge in [0.05, 0.1) is 15.1 Å². The van der Waals surface area contributed by atoms with E-state index in [9.17, 15) is 9.59 Å². The summed E-state index contributed by atoms with van der Waals surface area (Å²) in [5.41, 5.74) is 1.62. The number of carbonyl (C=O) groups excluding carboxylic acids is 2. The van der Waals surface area contributed by atoms with Crippen LogP contribution in [-0.2, 0) is 27.2 Å². The molecule has 0 radical (unpaired) electrons. The van der Waals surface area contributed by atoms with Crippen LogP contribution in [0.1, 0.15) is 17.5 Å². The molecule has 3 aromatic carbocycles. The number of ether oxygens (including phenoxy) is 2. The van der Waals surface area contributed by atoms with E-state index >= 15 is 0 Å². The molecule has 0 heterocycles. The van der Waals surface area contributed by atoms with Gasteiger partial charge in [0, 0.05) is 25.3 Å². The van der Waals surface area contributed by atoms with E-state index in [1.807, 2.05) is 42.5 Å². The van der Waals surface area contributed by atoms with Crippen LogP contribution >= 0.6 is 34.8 Å². The first-order chi connectivity index (χ1) is 17.3. The first-order valence-electron chi connectivity index (χ1n) is 11.3. The van der Waals surface area contributed by atoms with Crippen LogP contribution in [0.4, 0.5) is 5.69 Å². The number of hydrogen-bond acceptors (Lipinski definition) is 4. The third kappa shape index (κ3) is 5.62. The van der Waals surface area contributed by atoms with Crippen molar-refractivity contribution in [2.45, 2.75) is 24.8 Å². The molecule has 9 heteroatoms. The average molecular weight is 548 g/mol. The summed E-state index contributed by atoms with van der Waals surface area (Å²) in [6.07, 6.45) is 1.39. The fraction of sp³-hybridized carbons (Fsp3) is 0.259. The predicted molar refractivity (Wildman–Crippen MR) is 142 cm³/mol. The number of halogens is 3. The first kappa shape index (κ1) is 26.3. The summed E-state index contributed by atoms with van der Waals surface area (Å²) in [5, 5.41) is 3.74. The molecule has 1 N–H and O–H groups in total. The molecule has 1 aliphatic rings. The zero-order chi connectivity index (χ0) is 25.7. The van der Waals surface area contributed by atoms with Crippen molar-refractivity contribution in [1.29, 1.82) is 0 Å². The second-order valence-corrected chi connectivity index (χ2v) is 9.74. The number of rotatable bonds is 8. The minimum Gasteiger partial charge on any atom is -0.482 e. The fourth-order valence-corrected chi connectivity index (χ4v) is 5.02. The first-order valence-corrected chi connectivity index (χ1v) is 12.5. The predicted octanol–water partition coefficient (Wildman–Crippen LogP) is 6.02. The molecule has 6 nitrogen and oxygen atoms in total. The third-order valence-electron chi connectivity index (χ3n) is 6.27. The Kier molecular flexibility index (Phi) is 8.42. The number of anilines is 1. The highest BCUT2D eigenvalue weighted by Crippen LogP contribution is 2.36. The van der Waals surface area contributed by atoms with Gasteiger partial charge in [0.15, 0.2) is 6.61 Å². The minimum atomic E-state index is -1.19. The number of nitrogens with zero attached hydrogens (tertiary/aromatic N) is 1. The van der Waals surface area contributed by atoms with E-state index in [1.54, 1.807) is 12.1 Å². The van der Waals surface area contributed by atoms with Gasteiger partial charge in [-0.25, -0.2) is 0 Å². The van der Waals surface area contributed by atoms with Crippen LogP contribution in [-0.4, -0.2) is 42.7 Å². The summed E-state index contributed by atoms with van der Waals surface area (Å²) in [5.74, 6) is -0.503. The molecule has 188 valence electrons. The highest BCUT2D eigenvalue weighted by molar-refractivity contribution is 6.43. The van der Waals surface area contributed by atoms with Gasteiger partial charge in [-0.3, -0.25) is 9.59 Å². The van der Waals surface area contributed by atoms with Gasteiger partial charge in [-0.2, -0.15) is 0 Å². The van der Waals surface area contributed by atoms with Crippen molar-refractivity contribution in [3.63, 3.8) is 0 Å². The molecule has 0 aromatic heterocycles. The van der Waals surface area contributed by atoms with Gasteiger partial charge in [-0.05, 0) is 42.2 Å². The lowest BCUT2D eigenvalue weighted by molar-refractivity contribution is -0.155. The molecule has 0 saturated carbocycles. The van der Waals surface area contributed by atoms with E-state index < -0.39 is 11.4 Å². The zero-order valence-corrected chi connectivity index (χ0v) is 21.9. The summed E-state index contributed by atoms with van der Waals surface area (Å²) in [4.78, 5) is 28.9. The number of nitrogens with one attached hydrogen (secondary N) is 1. The molecule has 4 rings (SSSR count). The lowest BCUT2D eigenvalue weighted by Crippen LogP contribution is -2.63. The Balaban J connectivity index is 1.65. The number of benzene rings is 3. The van der Waals surface area contributed by atoms with Crippen LogP contribution < -0.4 is 10.1 Å². The van der Waals surface area contributed by atoms with E-state index in [2.05, 4.69) is 5.32 Å². The summed E-state index contributed by atoms with van der Waals surface area (Å²) in [7, 11) is 1.48. The second-order valence-electron chi connectivity index (χ2n) is 8.52. The molecular weight excluding hydrogens is 523 g/mol. The number of para-hydroxylation sites is 1. The van der Waals surface area contributed by atoms with E-state index in [0.29, 0.717) is 24.9 Å². The number of amides is 2. The molecule has 36 heavy (non-hydrogen) atoms. The van der Waals surface area contributed by atoms with Crippen molar-refractivity contribution in [2.75, 3.05) is 25.8 Å². The Labute approximate surface area is 225 Å². The van der Waals surface area contributed by atoms with Gasteiger partial charge in [0.2, 0.25) is 0 Å². The molecule has 0 unspecified atom stereocenters. The topological polar surface area (TPSA) is 67.9 Å². The quantitative estimate of drug-likeness (QED) is 0.276. The van der Waals surface area contributed by atoms with Crippen LogP contribution in [0.2, 0.25) is 15.1 Å². The summed E-state index contributed by atoms with van der Waals surface area (Å²) in [6, 6.07) is 20.0. The van der Waals surface area contributed by atoms with Crippen molar-refractivity contribution in [2.24, 2.45) is 0 Å². The standard InChI is InChI=1S/C27H25Cl3N2O4/c1-35-17-32(25(33)16-36-24-14-22(29)21(28)13-23(24)30)27(26(34)31-20-9-3-2-4-10-20)12-11-18-7-5-6-8-19(18)15-27/h2-10,13-14H,11-12,15-17H2,1H3,(H,31,34)/t27-/m1/s1. The van der Waals surface area contributed by atoms with Crippen molar-refractivity contribution in [1.82, 2.24) is 4.90 Å². The largest absolute Gasteiger partial charge is 0.482 e. The van der Waals surface area contributed by atoms with E-state index in [1.165, 1.54) is 24.1 Å². The third-order valence-corrected chi connectivity index (χ3v) is 7.28. The van der Waals surface area contributed by atoms with Gasteiger partial charge < -0.3 is 19.7 Å². The van der Waals surface area contributed by atoms with E-state index in [-0.39, 0.29) is 40.1 Å². The van der Waals surface area contributed by atoms with Crippen molar-refractivity contribution in [3.05, 3.63) is 92.9 Å². The van der Waals surface area contributed by atoms with Gasteiger partial charge >= 0.3 is 0 Å². The molecular formula is C27H25Cl3N2O4. The Hall–Kier alpha value is -2.77. The average Bonchev–Trinajstić information content (AvgIpc) is 2.88. The molecule has 0 spiro atoms. The molecule has 1 aliphatic carbocycles. The van der Waals surface area contributed by atoms with Gasteiger partial charge in [-0.15, -0.1) is 0 Å². The number of aryl methyl sites for hydroxylation is 1. The Morgan fingerprint density at radius 1 is 0.944 bits per heavy atom. The highest BCUT2D eigenvalue weighted by Gasteiger charge is 2.48. The normalized spacial score (nSPS) is 16.7. The zero-order valence-electron chi connectivity index (χ0n) is 19.6. The van der Waals surface area contributed by atoms with Crippen LogP contribution in [0.5, 0.6) is 5.75 Å². The van der Waals surface area contributed by atoms with Gasteiger partial charge in [-0.1, -0.05) is 77.3 Å². The lowest BCUT2D eigenvalue weighted by Gasteiger charge is -2.45. The molecule has 0 aliphatic heterocycles. The monoisotopic (exact) mass is 546 g/mol. The smallest absolute Gasteiger partial charge is 0.263 e. The van der Waals surface area contributed by atoms with Crippen LogP contribution in [0.15, 0.2) is 66.7 Å². The maximum absolute atomic E-state index is 13.9. The highest BCUT2D eigenvalue weighted by atomic mass is 35.5. The number of carbonyl (C=O) groups is 2. The molecule has 0 fully saturated rings. The van der Waals surface area contributed by atoms with Gasteiger partial charge in [0.1, 0.15) is 18.0 Å². The maximum Gasteiger partial charge on any atom is 0.263 e. The molecule has 0 bridgehead atoms. The fourth-order valence-electron chi connectivity index (χ4n) is 4.43. The molecule has 2 amide bonds. The summed E-state index contributed by atoms with van der Waals surface area (Å²) in [6.45, 7) is -0.468. The van der Waals surface area contributed by atoms with Crippen LogP contribution in [0.3, 0.4) is 0 Å².